The molecule has 0 spiro atoms. The molecule has 2 aromatic heterocycles. The number of pyridine rings is 1. The van der Waals surface area contributed by atoms with Crippen molar-refractivity contribution in [2.24, 2.45) is 0 Å². The van der Waals surface area contributed by atoms with E-state index in [1.54, 1.807) is 42.2 Å². The van der Waals surface area contributed by atoms with Crippen molar-refractivity contribution in [2.75, 3.05) is 18.5 Å². The molecule has 0 bridgehead atoms. The molecule has 12 heteroatoms. The van der Waals surface area contributed by atoms with Crippen LogP contribution in [0.4, 0.5) is 14.6 Å². The molecule has 0 aliphatic rings. The first kappa shape index (κ1) is 30.0. The first-order valence-electron chi connectivity index (χ1n) is 10.5. The Morgan fingerprint density at radius 1 is 1.06 bits per heavy atom. The van der Waals surface area contributed by atoms with E-state index in [9.17, 15) is 18.4 Å². The van der Waals surface area contributed by atoms with Crippen LogP contribution in [-0.2, 0) is 27.3 Å². The molecule has 0 aliphatic carbocycles. The maximum Gasteiger partial charge on any atom is 0.319 e. The molecule has 3 rings (SSSR count). The van der Waals surface area contributed by atoms with Gasteiger partial charge in [-0.15, -0.1) is 24.8 Å². The van der Waals surface area contributed by atoms with Crippen LogP contribution >= 0.6 is 24.8 Å². The Balaban J connectivity index is 0.00000306. The first-order valence-corrected chi connectivity index (χ1v) is 10.5. The highest BCUT2D eigenvalue weighted by atomic mass is 35.5. The Kier molecular flexibility index (Phi) is 12.3. The van der Waals surface area contributed by atoms with Gasteiger partial charge in [0.2, 0.25) is 5.91 Å². The van der Waals surface area contributed by atoms with Crippen LogP contribution in [0.3, 0.4) is 0 Å². The maximum atomic E-state index is 13.7. The number of nitrogens with one attached hydrogen (secondary N) is 2. The number of anilines is 1. The Bertz CT molecular complexity index is 1120. The first-order chi connectivity index (χ1) is 15.9. The van der Waals surface area contributed by atoms with E-state index in [4.69, 9.17) is 4.74 Å². The molecule has 2 N–H and O–H groups in total. The lowest BCUT2D eigenvalue weighted by molar-refractivity contribution is -0.142. The highest BCUT2D eigenvalue weighted by molar-refractivity contribution is 5.95. The minimum Gasteiger partial charge on any atom is -0.465 e. The standard InChI is InChI=1S/C23H25F2N5O3.2ClH/c1-3-30-21(13-19(29-30)16-7-9-26-10-8-16)28-23(32)20(27-14-22(31)33-4-2)12-15-5-6-17(24)18(25)11-15;;/h5-11,13,20,27H,3-4,12,14H2,1-2H3,(H,28,32);2*1H. The number of nitrogens with zero attached hydrogens (tertiary/aromatic N) is 3. The second kappa shape index (κ2) is 14.3. The second-order valence-electron chi connectivity index (χ2n) is 7.15. The molecule has 3 aromatic rings. The molecule has 0 aliphatic heterocycles. The zero-order chi connectivity index (χ0) is 23.8. The number of amides is 1. The number of carbonyl (C=O) groups excluding carboxylic acids is 2. The molecule has 1 aromatic carbocycles. The van der Waals surface area contributed by atoms with Crippen molar-refractivity contribution in [3.8, 4) is 11.3 Å². The van der Waals surface area contributed by atoms with Crippen molar-refractivity contribution in [3.05, 3.63) is 66.0 Å². The van der Waals surface area contributed by atoms with Gasteiger partial charge in [-0.3, -0.25) is 19.9 Å². The smallest absolute Gasteiger partial charge is 0.319 e. The fourth-order valence-electron chi connectivity index (χ4n) is 3.21. The van der Waals surface area contributed by atoms with Gasteiger partial charge in [0, 0.05) is 30.6 Å². The molecule has 8 nitrogen and oxygen atoms in total. The third-order valence-electron chi connectivity index (χ3n) is 4.85. The fourth-order valence-corrected chi connectivity index (χ4v) is 3.21. The van der Waals surface area contributed by atoms with E-state index in [1.165, 1.54) is 6.07 Å². The summed E-state index contributed by atoms with van der Waals surface area (Å²) in [6, 6.07) is 7.85. The van der Waals surface area contributed by atoms with Crippen LogP contribution in [0.2, 0.25) is 0 Å². The van der Waals surface area contributed by atoms with E-state index >= 15 is 0 Å². The minimum absolute atomic E-state index is 0. The van der Waals surface area contributed by atoms with E-state index in [0.29, 0.717) is 23.6 Å². The number of rotatable bonds is 10. The molecule has 0 saturated carbocycles. The molecule has 0 saturated heterocycles. The summed E-state index contributed by atoms with van der Waals surface area (Å²) in [6.45, 7) is 4.05. The maximum absolute atomic E-state index is 13.7. The normalized spacial score (nSPS) is 11.1. The summed E-state index contributed by atoms with van der Waals surface area (Å²) in [7, 11) is 0. The van der Waals surface area contributed by atoms with Crippen LogP contribution in [-0.4, -0.2) is 45.8 Å². The highest BCUT2D eigenvalue weighted by Gasteiger charge is 2.22. The van der Waals surface area contributed by atoms with Crippen LogP contribution in [0.1, 0.15) is 19.4 Å². The van der Waals surface area contributed by atoms with Crippen LogP contribution in [0.25, 0.3) is 11.3 Å². The minimum atomic E-state index is -1.01. The van der Waals surface area contributed by atoms with E-state index in [2.05, 4.69) is 20.7 Å². The number of halogens is 4. The molecule has 35 heavy (non-hydrogen) atoms. The lowest BCUT2D eigenvalue weighted by Crippen LogP contribution is -2.45. The van der Waals surface area contributed by atoms with Gasteiger partial charge in [-0.25, -0.2) is 13.5 Å². The van der Waals surface area contributed by atoms with E-state index < -0.39 is 29.6 Å². The highest BCUT2D eigenvalue weighted by Crippen LogP contribution is 2.22. The van der Waals surface area contributed by atoms with Gasteiger partial charge in [-0.1, -0.05) is 6.07 Å². The molecule has 1 amide bonds. The van der Waals surface area contributed by atoms with E-state index in [0.717, 1.165) is 17.7 Å². The summed E-state index contributed by atoms with van der Waals surface area (Å²) >= 11 is 0. The molecular formula is C23H27Cl2F2N5O3. The number of esters is 1. The van der Waals surface area contributed by atoms with Crippen molar-refractivity contribution in [3.63, 3.8) is 0 Å². The topological polar surface area (TPSA) is 98.1 Å². The molecule has 0 radical (unpaired) electrons. The Hall–Kier alpha value is -3.08. The van der Waals surface area contributed by atoms with Crippen molar-refractivity contribution in [1.82, 2.24) is 20.1 Å². The average molecular weight is 530 g/mol. The summed E-state index contributed by atoms with van der Waals surface area (Å²) in [5.74, 6) is -2.51. The Morgan fingerprint density at radius 3 is 2.40 bits per heavy atom. The summed E-state index contributed by atoms with van der Waals surface area (Å²) in [4.78, 5) is 28.9. The van der Waals surface area contributed by atoms with Crippen molar-refractivity contribution in [1.29, 1.82) is 0 Å². The number of aryl methyl sites for hydroxylation is 1. The lowest BCUT2D eigenvalue weighted by atomic mass is 10.0. The molecule has 1 unspecified atom stereocenters. The van der Waals surface area contributed by atoms with Crippen LogP contribution < -0.4 is 10.6 Å². The van der Waals surface area contributed by atoms with Gasteiger partial charge in [0.15, 0.2) is 11.6 Å². The van der Waals surface area contributed by atoms with Gasteiger partial charge in [0.05, 0.1) is 24.9 Å². The molecule has 190 valence electrons. The van der Waals surface area contributed by atoms with Gasteiger partial charge < -0.3 is 10.1 Å². The lowest BCUT2D eigenvalue weighted by Gasteiger charge is -2.18. The molecule has 2 heterocycles. The SMILES string of the molecule is CCOC(=O)CNC(Cc1ccc(F)c(F)c1)C(=O)Nc1cc(-c2ccncc2)nn1CC.Cl.Cl. The number of aromatic nitrogens is 3. The zero-order valence-electron chi connectivity index (χ0n) is 19.2. The second-order valence-corrected chi connectivity index (χ2v) is 7.15. The quantitative estimate of drug-likeness (QED) is 0.387. The Labute approximate surface area is 214 Å². The Morgan fingerprint density at radius 2 is 1.77 bits per heavy atom. The monoisotopic (exact) mass is 529 g/mol. The fraction of sp³-hybridized carbons (Fsp3) is 0.304. The predicted octanol–water partition coefficient (Wildman–Crippen LogP) is 3.79. The number of benzene rings is 1. The van der Waals surface area contributed by atoms with Gasteiger partial charge >= 0.3 is 5.97 Å². The molecule has 1 atom stereocenters. The zero-order valence-corrected chi connectivity index (χ0v) is 20.8. The van der Waals surface area contributed by atoms with Crippen molar-refractivity contribution in [2.45, 2.75) is 32.9 Å². The van der Waals surface area contributed by atoms with E-state index in [1.807, 2.05) is 6.92 Å². The summed E-state index contributed by atoms with van der Waals surface area (Å²) < 4.78 is 33.5. The number of ether oxygens (including phenoxy) is 1. The predicted molar refractivity (Wildman–Crippen MR) is 133 cm³/mol. The van der Waals surface area contributed by atoms with Crippen molar-refractivity contribution >= 4 is 42.5 Å². The third kappa shape index (κ3) is 8.27. The van der Waals surface area contributed by atoms with Gasteiger partial charge in [0.25, 0.3) is 0 Å². The van der Waals surface area contributed by atoms with Crippen LogP contribution in [0.15, 0.2) is 48.8 Å². The summed E-state index contributed by atoms with van der Waals surface area (Å²) in [6.07, 6.45) is 3.32. The molecule has 0 fully saturated rings. The van der Waals surface area contributed by atoms with Gasteiger partial charge in [0.1, 0.15) is 5.82 Å². The molecular weight excluding hydrogens is 503 g/mol. The van der Waals surface area contributed by atoms with E-state index in [-0.39, 0.29) is 44.4 Å². The number of hydrogen-bond acceptors (Lipinski definition) is 6. The van der Waals surface area contributed by atoms with Crippen molar-refractivity contribution < 1.29 is 23.1 Å². The van der Waals surface area contributed by atoms with Crippen LogP contribution in [0.5, 0.6) is 0 Å². The number of hydrogen-bond donors (Lipinski definition) is 2. The van der Waals surface area contributed by atoms with Gasteiger partial charge in [-0.2, -0.15) is 5.10 Å². The average Bonchev–Trinajstić information content (AvgIpc) is 3.22. The van der Waals surface area contributed by atoms with Gasteiger partial charge in [-0.05, 0) is 50.1 Å². The van der Waals surface area contributed by atoms with Crippen LogP contribution in [0, 0.1) is 11.6 Å². The number of carbonyl (C=O) groups is 2. The summed E-state index contributed by atoms with van der Waals surface area (Å²) in [5, 5.41) is 10.2. The third-order valence-corrected chi connectivity index (χ3v) is 4.85. The largest absolute Gasteiger partial charge is 0.465 e. The summed E-state index contributed by atoms with van der Waals surface area (Å²) in [5.41, 5.74) is 1.89.